The van der Waals surface area contributed by atoms with Crippen LogP contribution >= 0.6 is 0 Å². The van der Waals surface area contributed by atoms with Crippen LogP contribution in [0, 0.1) is 11.8 Å². The number of benzene rings is 2. The first-order chi connectivity index (χ1) is 19.1. The first-order valence-corrected chi connectivity index (χ1v) is 14.9. The van der Waals surface area contributed by atoms with Crippen LogP contribution in [0.1, 0.15) is 49.7 Å². The molecule has 4 fully saturated rings. The molecule has 2 saturated carbocycles. The van der Waals surface area contributed by atoms with Gasteiger partial charge in [-0.1, -0.05) is 48.5 Å². The minimum atomic E-state index is 0.303. The van der Waals surface area contributed by atoms with Crippen LogP contribution in [0.25, 0.3) is 22.5 Å². The third-order valence-electron chi connectivity index (χ3n) is 10.6. The first-order valence-electron chi connectivity index (χ1n) is 14.9. The van der Waals surface area contributed by atoms with Crippen LogP contribution in [0.3, 0.4) is 0 Å². The van der Waals surface area contributed by atoms with Gasteiger partial charge >= 0.3 is 0 Å². The normalized spacial score (nSPS) is 33.7. The Hall–Kier alpha value is -3.09. The Balaban J connectivity index is 0.969. The van der Waals surface area contributed by atoms with Gasteiger partial charge < -0.3 is 16.0 Å². The molecule has 3 N–H and O–H groups in total. The molecule has 2 saturated heterocycles. The highest BCUT2D eigenvalue weighted by Crippen LogP contribution is 2.43. The molecule has 6 heteroatoms. The van der Waals surface area contributed by atoms with Crippen LogP contribution in [0.15, 0.2) is 65.9 Å². The van der Waals surface area contributed by atoms with E-state index >= 15 is 0 Å². The van der Waals surface area contributed by atoms with Crippen molar-refractivity contribution in [1.29, 1.82) is 0 Å². The number of rotatable bonds is 8. The summed E-state index contributed by atoms with van der Waals surface area (Å²) in [6.07, 6.45) is 12.7. The molecule has 6 nitrogen and oxygen atoms in total. The Morgan fingerprint density at radius 2 is 1.54 bits per heavy atom. The van der Waals surface area contributed by atoms with Gasteiger partial charge in [0.25, 0.3) is 0 Å². The number of likely N-dealkylation sites (N-methyl/N-ethyl adjacent to an activating group) is 2. The van der Waals surface area contributed by atoms with E-state index in [9.17, 15) is 0 Å². The van der Waals surface area contributed by atoms with Gasteiger partial charge in [0.15, 0.2) is 0 Å². The molecule has 39 heavy (non-hydrogen) atoms. The summed E-state index contributed by atoms with van der Waals surface area (Å²) < 4.78 is 0. The topological polar surface area (TPSA) is 54.9 Å². The zero-order chi connectivity index (χ0) is 26.5. The summed E-state index contributed by atoms with van der Waals surface area (Å²) in [6, 6.07) is 20.3. The maximum Gasteiger partial charge on any atom is 0.112 e. The number of fused-ring (bicyclic) bond motifs is 4. The van der Waals surface area contributed by atoms with E-state index in [1.54, 1.807) is 0 Å². The molecule has 3 heterocycles. The van der Waals surface area contributed by atoms with Gasteiger partial charge in [-0.25, -0.2) is 0 Å². The molecule has 3 aliphatic heterocycles. The molecule has 7 atom stereocenters. The van der Waals surface area contributed by atoms with Crippen molar-refractivity contribution in [2.75, 3.05) is 20.6 Å². The Morgan fingerprint density at radius 1 is 0.897 bits per heavy atom. The van der Waals surface area contributed by atoms with E-state index in [1.165, 1.54) is 60.9 Å². The fourth-order valence-electron chi connectivity index (χ4n) is 8.33. The van der Waals surface area contributed by atoms with Gasteiger partial charge in [-0.05, 0) is 87.9 Å². The third kappa shape index (κ3) is 4.48. The zero-order valence-corrected chi connectivity index (χ0v) is 23.3. The highest BCUT2D eigenvalue weighted by molar-refractivity contribution is 5.73. The van der Waals surface area contributed by atoms with Crippen LogP contribution in [0.4, 0.5) is 0 Å². The Bertz CT molecular complexity index is 1260. The molecule has 5 aliphatic rings. The Morgan fingerprint density at radius 3 is 2.18 bits per heavy atom. The van der Waals surface area contributed by atoms with Gasteiger partial charge in [-0.3, -0.25) is 14.8 Å². The summed E-state index contributed by atoms with van der Waals surface area (Å²) in [4.78, 5) is 9.48. The van der Waals surface area contributed by atoms with Crippen molar-refractivity contribution in [1.82, 2.24) is 25.8 Å². The molecule has 2 aromatic rings. The van der Waals surface area contributed by atoms with Gasteiger partial charge in [0, 0.05) is 42.6 Å². The molecular weight excluding hydrogens is 480 g/mol. The first kappa shape index (κ1) is 24.9. The average molecular weight is 523 g/mol. The van der Waals surface area contributed by atoms with E-state index < -0.39 is 0 Å². The maximum absolute atomic E-state index is 4.31. The van der Waals surface area contributed by atoms with Gasteiger partial charge in [0.2, 0.25) is 0 Å². The lowest BCUT2D eigenvalue weighted by molar-refractivity contribution is 0.139. The third-order valence-corrected chi connectivity index (χ3v) is 10.6. The molecule has 204 valence electrons. The number of hydrogen-bond acceptors (Lipinski definition) is 6. The van der Waals surface area contributed by atoms with Crippen LogP contribution in [0.2, 0.25) is 0 Å². The van der Waals surface area contributed by atoms with Crippen LogP contribution in [-0.2, 0) is 0 Å². The zero-order valence-electron chi connectivity index (χ0n) is 23.3. The standard InChI is InChI=1S/C33H42N6/c1-34-29(18-35-20-31-25-12-14-27(16-25)38(31)2)23-8-4-21(5-9-23)22-6-10-24(11-7-22)30-19-36-33(37-30)32-26-13-15-28(17-26)39(32)3/h4-11,18-19,25-28,31-33,35-37H,1,12-17,20H2,2-3H3/b29-18-. The number of likely N-dealkylation sites (tertiary alicyclic amines) is 2. The molecule has 0 amide bonds. The number of nitrogens with zero attached hydrogens (tertiary/aromatic N) is 3. The lowest BCUT2D eigenvalue weighted by atomic mass is 9.96. The van der Waals surface area contributed by atoms with Crippen LogP contribution in [-0.4, -0.2) is 67.5 Å². The van der Waals surface area contributed by atoms with E-state index in [-0.39, 0.29) is 0 Å². The lowest BCUT2D eigenvalue weighted by Gasteiger charge is -2.36. The Kier molecular flexibility index (Phi) is 6.48. The smallest absolute Gasteiger partial charge is 0.112 e. The van der Waals surface area contributed by atoms with E-state index in [1.807, 2.05) is 6.20 Å². The molecule has 2 aliphatic carbocycles. The van der Waals surface area contributed by atoms with Crippen molar-refractivity contribution < 1.29 is 0 Å². The van der Waals surface area contributed by atoms with Crippen LogP contribution < -0.4 is 16.0 Å². The van der Waals surface area contributed by atoms with E-state index in [0.717, 1.165) is 41.7 Å². The minimum Gasteiger partial charge on any atom is -0.388 e. The molecule has 0 spiro atoms. The number of hydrogen-bond donors (Lipinski definition) is 3. The number of piperidine rings is 2. The Labute approximate surface area is 233 Å². The van der Waals surface area contributed by atoms with Gasteiger partial charge in [-0.2, -0.15) is 0 Å². The summed E-state index contributed by atoms with van der Waals surface area (Å²) in [5.74, 6) is 1.66. The van der Waals surface area contributed by atoms with Gasteiger partial charge in [0.05, 0.1) is 17.4 Å². The molecule has 7 unspecified atom stereocenters. The summed E-state index contributed by atoms with van der Waals surface area (Å²) in [5.41, 5.74) is 6.82. The molecule has 0 aromatic heterocycles. The van der Waals surface area contributed by atoms with Crippen molar-refractivity contribution in [2.45, 2.75) is 68.9 Å². The van der Waals surface area contributed by atoms with Crippen molar-refractivity contribution in [3.63, 3.8) is 0 Å². The van der Waals surface area contributed by atoms with Gasteiger partial charge in [-0.15, -0.1) is 0 Å². The number of nitrogens with one attached hydrogen (secondary N) is 3. The fourth-order valence-corrected chi connectivity index (χ4v) is 8.33. The highest BCUT2D eigenvalue weighted by Gasteiger charge is 2.48. The van der Waals surface area contributed by atoms with Gasteiger partial charge in [0.1, 0.15) is 6.17 Å². The van der Waals surface area contributed by atoms with Crippen LogP contribution in [0.5, 0.6) is 0 Å². The van der Waals surface area contributed by atoms with E-state index in [0.29, 0.717) is 18.2 Å². The quantitative estimate of drug-likeness (QED) is 0.438. The molecule has 7 rings (SSSR count). The van der Waals surface area contributed by atoms with Crippen molar-refractivity contribution in [3.8, 4) is 11.1 Å². The van der Waals surface area contributed by atoms with Crippen molar-refractivity contribution in [3.05, 3.63) is 72.1 Å². The second-order valence-electron chi connectivity index (χ2n) is 12.4. The van der Waals surface area contributed by atoms with Crippen molar-refractivity contribution >= 4 is 18.1 Å². The highest BCUT2D eigenvalue weighted by atomic mass is 15.3. The minimum absolute atomic E-state index is 0.303. The summed E-state index contributed by atoms with van der Waals surface area (Å²) in [7, 11) is 4.58. The summed E-state index contributed by atoms with van der Waals surface area (Å²) in [5, 5.41) is 10.9. The SMILES string of the molecule is C=N/C(=C\NCC1C2CCC(C2)N1C)c1ccc(-c2ccc(C3=CNC(C4C5CCC(C5)N4C)N3)cc2)cc1. The molecule has 4 bridgehead atoms. The molecule has 0 radical (unpaired) electrons. The monoisotopic (exact) mass is 522 g/mol. The molecule has 2 aromatic carbocycles. The summed E-state index contributed by atoms with van der Waals surface area (Å²) >= 11 is 0. The van der Waals surface area contributed by atoms with Crippen molar-refractivity contribution in [2.24, 2.45) is 16.8 Å². The van der Waals surface area contributed by atoms with E-state index in [2.05, 4.69) is 106 Å². The summed E-state index contributed by atoms with van der Waals surface area (Å²) in [6.45, 7) is 4.80. The lowest BCUT2D eigenvalue weighted by Crippen LogP contribution is -2.53. The second kappa shape index (κ2) is 10.1. The second-order valence-corrected chi connectivity index (χ2v) is 12.4. The van der Waals surface area contributed by atoms with E-state index in [4.69, 9.17) is 0 Å². The molecular formula is C33H42N6. The fraction of sp³-hybridized carbons (Fsp3) is 0.485. The average Bonchev–Trinajstić information content (AvgIpc) is 3.80. The largest absolute Gasteiger partial charge is 0.388 e. The predicted molar refractivity (Wildman–Crippen MR) is 161 cm³/mol. The maximum atomic E-state index is 4.31. The number of aliphatic imine (C=N–C) groups is 1. The predicted octanol–water partition coefficient (Wildman–Crippen LogP) is 4.72.